The zero-order valence-electron chi connectivity index (χ0n) is 14.8. The van der Waals surface area contributed by atoms with Crippen LogP contribution in [0.3, 0.4) is 0 Å². The molecule has 0 aliphatic carbocycles. The van der Waals surface area contributed by atoms with Crippen molar-refractivity contribution >= 4 is 18.0 Å². The van der Waals surface area contributed by atoms with Gasteiger partial charge >= 0.3 is 18.0 Å². The molecule has 0 aliphatic rings. The lowest BCUT2D eigenvalue weighted by Gasteiger charge is -2.22. The van der Waals surface area contributed by atoms with Crippen LogP contribution >= 0.6 is 0 Å². The number of hydrogen-bond acceptors (Lipinski definition) is 5. The highest BCUT2D eigenvalue weighted by Gasteiger charge is 2.36. The van der Waals surface area contributed by atoms with E-state index in [-0.39, 0.29) is 13.0 Å². The number of carboxylic acid groups (broad SMARTS) is 1. The van der Waals surface area contributed by atoms with E-state index in [1.165, 1.54) is 7.11 Å². The number of ether oxygens (including phenoxy) is 2. The van der Waals surface area contributed by atoms with E-state index in [0.29, 0.717) is 0 Å². The number of hydrogen-bond donors (Lipinski definition) is 2. The Morgan fingerprint density at radius 1 is 0.963 bits per heavy atom. The second-order valence-corrected chi connectivity index (χ2v) is 5.84. The summed E-state index contributed by atoms with van der Waals surface area (Å²) in [6, 6.07) is 16.4. The van der Waals surface area contributed by atoms with Crippen LogP contribution < -0.4 is 5.32 Å². The van der Waals surface area contributed by atoms with Gasteiger partial charge in [0.1, 0.15) is 12.6 Å². The number of carboxylic acids is 1. The van der Waals surface area contributed by atoms with Crippen molar-refractivity contribution in [2.45, 2.75) is 19.1 Å². The molecule has 0 radical (unpaired) electrons. The van der Waals surface area contributed by atoms with Crippen LogP contribution in [0.15, 0.2) is 60.7 Å². The summed E-state index contributed by atoms with van der Waals surface area (Å²) in [5.41, 5.74) is 1.51. The largest absolute Gasteiger partial charge is 0.480 e. The molecule has 27 heavy (non-hydrogen) atoms. The van der Waals surface area contributed by atoms with E-state index in [0.717, 1.165) is 11.1 Å². The van der Waals surface area contributed by atoms with Gasteiger partial charge < -0.3 is 19.9 Å². The van der Waals surface area contributed by atoms with Crippen molar-refractivity contribution < 1.29 is 29.0 Å². The predicted molar refractivity (Wildman–Crippen MR) is 96.8 cm³/mol. The quantitative estimate of drug-likeness (QED) is 0.691. The molecular formula is C20H21NO6. The molecule has 2 aromatic rings. The number of rotatable bonds is 8. The highest BCUT2D eigenvalue weighted by molar-refractivity contribution is 5.87. The molecule has 1 amide bonds. The van der Waals surface area contributed by atoms with Crippen LogP contribution in [0.25, 0.3) is 0 Å². The highest BCUT2D eigenvalue weighted by atomic mass is 16.5. The zero-order valence-corrected chi connectivity index (χ0v) is 14.8. The van der Waals surface area contributed by atoms with Gasteiger partial charge in [0.2, 0.25) is 0 Å². The molecule has 2 rings (SSSR count). The number of nitrogens with one attached hydrogen (secondary N) is 1. The molecule has 0 fully saturated rings. The molecule has 0 aliphatic heterocycles. The van der Waals surface area contributed by atoms with Gasteiger partial charge in [-0.2, -0.15) is 0 Å². The molecule has 0 aromatic heterocycles. The highest BCUT2D eigenvalue weighted by Crippen LogP contribution is 2.16. The molecule has 0 saturated heterocycles. The lowest BCUT2D eigenvalue weighted by molar-refractivity contribution is -0.153. The minimum Gasteiger partial charge on any atom is -0.480 e. The third-order valence-electron chi connectivity index (χ3n) is 3.96. The maximum atomic E-state index is 12.1. The summed E-state index contributed by atoms with van der Waals surface area (Å²) in [6.45, 7) is -0.0133. The average molecular weight is 371 g/mol. The zero-order chi connectivity index (χ0) is 19.6. The number of esters is 1. The average Bonchev–Trinajstić information content (AvgIpc) is 2.69. The van der Waals surface area contributed by atoms with E-state index < -0.39 is 30.0 Å². The Bertz CT molecular complexity index is 763. The summed E-state index contributed by atoms with van der Waals surface area (Å²) >= 11 is 0. The molecule has 0 unspecified atom stereocenters. The molecule has 7 nitrogen and oxygen atoms in total. The van der Waals surface area contributed by atoms with Gasteiger partial charge in [-0.1, -0.05) is 60.7 Å². The molecule has 2 aromatic carbocycles. The van der Waals surface area contributed by atoms with Gasteiger partial charge in [-0.25, -0.2) is 9.59 Å². The fraction of sp³-hybridized carbons (Fsp3) is 0.250. The van der Waals surface area contributed by atoms with Crippen LogP contribution in [-0.2, 0) is 32.1 Å². The Morgan fingerprint density at radius 3 is 2.04 bits per heavy atom. The summed E-state index contributed by atoms with van der Waals surface area (Å²) in [5, 5.41) is 11.8. The van der Waals surface area contributed by atoms with Crippen LogP contribution in [0.4, 0.5) is 4.79 Å². The van der Waals surface area contributed by atoms with Crippen LogP contribution in [0.2, 0.25) is 0 Å². The maximum absolute atomic E-state index is 12.1. The fourth-order valence-electron chi connectivity index (χ4n) is 2.58. The van der Waals surface area contributed by atoms with Gasteiger partial charge in [0.05, 0.1) is 13.0 Å². The van der Waals surface area contributed by atoms with Crippen LogP contribution in [0.5, 0.6) is 0 Å². The Kier molecular flexibility index (Phi) is 7.37. The van der Waals surface area contributed by atoms with E-state index in [9.17, 15) is 19.5 Å². The SMILES string of the molecule is COC(=O)[C@@H](Cc1ccccc1)[C@@H](NC(=O)OCc1ccccc1)C(=O)O. The van der Waals surface area contributed by atoms with E-state index in [4.69, 9.17) is 9.47 Å². The summed E-state index contributed by atoms with van der Waals surface area (Å²) < 4.78 is 9.79. The number of amides is 1. The minimum atomic E-state index is -1.49. The summed E-state index contributed by atoms with van der Waals surface area (Å²) in [6.07, 6.45) is -0.822. The fourth-order valence-corrected chi connectivity index (χ4v) is 2.58. The smallest absolute Gasteiger partial charge is 0.408 e. The summed E-state index contributed by atoms with van der Waals surface area (Å²) in [7, 11) is 1.17. The van der Waals surface area contributed by atoms with Gasteiger partial charge in [0.15, 0.2) is 0 Å². The normalized spacial score (nSPS) is 12.5. The lowest BCUT2D eigenvalue weighted by atomic mass is 9.92. The molecule has 2 atom stereocenters. The van der Waals surface area contributed by atoms with Crippen molar-refractivity contribution in [3.05, 3.63) is 71.8 Å². The van der Waals surface area contributed by atoms with Gasteiger partial charge in [-0.05, 0) is 17.5 Å². The van der Waals surface area contributed by atoms with Crippen LogP contribution in [0.1, 0.15) is 11.1 Å². The second-order valence-electron chi connectivity index (χ2n) is 5.84. The molecular weight excluding hydrogens is 350 g/mol. The van der Waals surface area contributed by atoms with Crippen molar-refractivity contribution in [1.29, 1.82) is 0 Å². The van der Waals surface area contributed by atoms with Crippen molar-refractivity contribution in [3.63, 3.8) is 0 Å². The number of aliphatic carboxylic acids is 1. The van der Waals surface area contributed by atoms with E-state index in [1.807, 2.05) is 12.1 Å². The van der Waals surface area contributed by atoms with E-state index in [2.05, 4.69) is 5.32 Å². The van der Waals surface area contributed by atoms with Crippen molar-refractivity contribution in [2.24, 2.45) is 5.92 Å². The second kappa shape index (κ2) is 9.96. The molecule has 7 heteroatoms. The molecule has 0 heterocycles. The topological polar surface area (TPSA) is 102 Å². The summed E-state index contributed by atoms with van der Waals surface area (Å²) in [4.78, 5) is 35.9. The Hall–Kier alpha value is -3.35. The van der Waals surface area contributed by atoms with Crippen molar-refractivity contribution in [1.82, 2.24) is 5.32 Å². The number of carbonyl (C=O) groups excluding carboxylic acids is 2. The van der Waals surface area contributed by atoms with Gasteiger partial charge in [0.25, 0.3) is 0 Å². The standard InChI is InChI=1S/C20H21NO6/c1-26-19(24)16(12-14-8-4-2-5-9-14)17(18(22)23)21-20(25)27-13-15-10-6-3-7-11-15/h2-11,16-17H,12-13H2,1H3,(H,21,25)(H,22,23)/t16-,17+/m0/s1. The Morgan fingerprint density at radius 2 is 1.52 bits per heavy atom. The first-order valence-corrected chi connectivity index (χ1v) is 8.33. The minimum absolute atomic E-state index is 0.0133. The molecule has 142 valence electrons. The lowest BCUT2D eigenvalue weighted by Crippen LogP contribution is -2.49. The predicted octanol–water partition coefficient (Wildman–Crippen LogP) is 2.40. The van der Waals surface area contributed by atoms with E-state index >= 15 is 0 Å². The molecule has 0 saturated carbocycles. The van der Waals surface area contributed by atoms with Crippen LogP contribution in [-0.4, -0.2) is 36.3 Å². The van der Waals surface area contributed by atoms with Gasteiger partial charge in [-0.3, -0.25) is 4.79 Å². The first-order chi connectivity index (χ1) is 13.0. The third-order valence-corrected chi connectivity index (χ3v) is 3.96. The first-order valence-electron chi connectivity index (χ1n) is 8.33. The number of carbonyl (C=O) groups is 3. The number of alkyl carbamates (subject to hydrolysis) is 1. The summed E-state index contributed by atoms with van der Waals surface area (Å²) in [5.74, 6) is -3.17. The molecule has 0 bridgehead atoms. The van der Waals surface area contributed by atoms with Crippen molar-refractivity contribution in [2.75, 3.05) is 7.11 Å². The van der Waals surface area contributed by atoms with Gasteiger partial charge in [-0.15, -0.1) is 0 Å². The third kappa shape index (κ3) is 6.14. The van der Waals surface area contributed by atoms with Crippen LogP contribution in [0, 0.1) is 5.92 Å². The molecule has 2 N–H and O–H groups in total. The maximum Gasteiger partial charge on any atom is 0.408 e. The first kappa shape index (κ1) is 20.0. The Balaban J connectivity index is 2.07. The number of benzene rings is 2. The van der Waals surface area contributed by atoms with Gasteiger partial charge in [0, 0.05) is 0 Å². The monoisotopic (exact) mass is 371 g/mol. The van der Waals surface area contributed by atoms with E-state index in [1.54, 1.807) is 48.5 Å². The molecule has 0 spiro atoms. The van der Waals surface area contributed by atoms with Crippen molar-refractivity contribution in [3.8, 4) is 0 Å². The Labute approximate surface area is 156 Å². The number of methoxy groups -OCH3 is 1.